The van der Waals surface area contributed by atoms with Crippen molar-refractivity contribution in [3.63, 3.8) is 0 Å². The number of rotatable bonds is 4. The highest BCUT2D eigenvalue weighted by Gasteiger charge is 2.38. The Balaban J connectivity index is 2.89. The fourth-order valence-electron chi connectivity index (χ4n) is 1.47. The summed E-state index contributed by atoms with van der Waals surface area (Å²) in [4.78, 5) is 0.759. The molecular weight excluding hydrogens is 210 g/mol. The molecular formula is C11H17NO4. The van der Waals surface area contributed by atoms with E-state index in [0.717, 1.165) is 24.3 Å². The first-order chi connectivity index (χ1) is 7.21. The Morgan fingerprint density at radius 2 is 1.38 bits per heavy atom. The van der Waals surface area contributed by atoms with Gasteiger partial charge in [-0.15, -0.1) is 0 Å². The van der Waals surface area contributed by atoms with Gasteiger partial charge in [0.05, 0.1) is 0 Å². The molecule has 1 aromatic carbocycles. The van der Waals surface area contributed by atoms with E-state index in [1.807, 2.05) is 6.07 Å². The zero-order chi connectivity index (χ0) is 12.4. The summed E-state index contributed by atoms with van der Waals surface area (Å²) in [5.41, 5.74) is 0.742. The van der Waals surface area contributed by atoms with E-state index < -0.39 is 11.8 Å². The van der Waals surface area contributed by atoms with Crippen LogP contribution in [0.4, 0.5) is 0 Å². The number of hydrogen-bond acceptors (Lipinski definition) is 5. The van der Waals surface area contributed by atoms with Crippen molar-refractivity contribution in [1.82, 2.24) is 4.90 Å². The lowest BCUT2D eigenvalue weighted by molar-refractivity contribution is -0.374. The predicted octanol–water partition coefficient (Wildman–Crippen LogP) is -0.195. The van der Waals surface area contributed by atoms with Gasteiger partial charge in [0, 0.05) is 20.4 Å². The van der Waals surface area contributed by atoms with Crippen LogP contribution in [0.1, 0.15) is 19.4 Å². The summed E-state index contributed by atoms with van der Waals surface area (Å²) in [6.07, 6.45) is 0. The topological polar surface area (TPSA) is 84.2 Å². The Morgan fingerprint density at radius 1 is 0.938 bits per heavy atom. The average Bonchev–Trinajstić information content (AvgIpc) is 2.12. The van der Waals surface area contributed by atoms with E-state index >= 15 is 0 Å². The molecule has 0 aliphatic carbocycles. The van der Waals surface area contributed by atoms with Crippen molar-refractivity contribution >= 4 is 0 Å². The van der Waals surface area contributed by atoms with E-state index in [2.05, 4.69) is 0 Å². The first kappa shape index (κ1) is 13.1. The highest BCUT2D eigenvalue weighted by Crippen LogP contribution is 2.20. The first-order valence-corrected chi connectivity index (χ1v) is 4.92. The molecule has 1 rings (SSSR count). The molecule has 0 amide bonds. The zero-order valence-electron chi connectivity index (χ0n) is 9.33. The molecule has 5 heteroatoms. The molecule has 0 saturated heterocycles. The molecule has 0 radical (unpaired) electrons. The summed E-state index contributed by atoms with van der Waals surface area (Å²) in [6, 6.07) is 8.90. The Kier molecular flexibility index (Phi) is 3.67. The van der Waals surface area contributed by atoms with Crippen molar-refractivity contribution < 1.29 is 20.4 Å². The Labute approximate surface area is 94.2 Å². The molecule has 90 valence electrons. The van der Waals surface area contributed by atoms with Gasteiger partial charge in [-0.3, -0.25) is 0 Å². The summed E-state index contributed by atoms with van der Waals surface area (Å²) >= 11 is 0. The monoisotopic (exact) mass is 227 g/mol. The molecule has 0 aliphatic heterocycles. The third kappa shape index (κ3) is 3.55. The number of nitrogens with zero attached hydrogens (tertiary/aromatic N) is 1. The van der Waals surface area contributed by atoms with Gasteiger partial charge in [0.15, 0.2) is 0 Å². The Bertz CT molecular complexity index is 312. The van der Waals surface area contributed by atoms with Crippen molar-refractivity contribution in [2.24, 2.45) is 0 Å². The van der Waals surface area contributed by atoms with E-state index in [0.29, 0.717) is 0 Å². The summed E-state index contributed by atoms with van der Waals surface area (Å²) in [7, 11) is 0. The minimum absolute atomic E-state index is 0.00778. The molecule has 0 saturated carbocycles. The number of hydrogen-bond donors (Lipinski definition) is 4. The second-order valence-corrected chi connectivity index (χ2v) is 4.01. The van der Waals surface area contributed by atoms with Crippen molar-refractivity contribution in [1.29, 1.82) is 0 Å². The summed E-state index contributed by atoms with van der Waals surface area (Å²) in [5, 5.41) is 37.7. The van der Waals surface area contributed by atoms with Gasteiger partial charge in [0.25, 0.3) is 0 Å². The number of benzene rings is 1. The smallest absolute Gasteiger partial charge is 0.226 e. The van der Waals surface area contributed by atoms with Gasteiger partial charge in [-0.05, 0) is 5.56 Å². The van der Waals surface area contributed by atoms with Gasteiger partial charge in [-0.1, -0.05) is 30.3 Å². The van der Waals surface area contributed by atoms with Crippen LogP contribution >= 0.6 is 0 Å². The highest BCUT2D eigenvalue weighted by molar-refractivity contribution is 5.14. The van der Waals surface area contributed by atoms with Crippen LogP contribution in [0.2, 0.25) is 0 Å². The quantitative estimate of drug-likeness (QED) is 0.536. The van der Waals surface area contributed by atoms with Gasteiger partial charge in [0.1, 0.15) is 0 Å². The third-order valence-electron chi connectivity index (χ3n) is 2.21. The molecule has 0 fully saturated rings. The minimum Gasteiger partial charge on any atom is -0.353 e. The van der Waals surface area contributed by atoms with Crippen LogP contribution in [0.25, 0.3) is 0 Å². The van der Waals surface area contributed by atoms with E-state index in [9.17, 15) is 20.4 Å². The molecule has 0 aliphatic rings. The molecule has 0 spiro atoms. The maximum Gasteiger partial charge on any atom is 0.226 e. The minimum atomic E-state index is -2.31. The van der Waals surface area contributed by atoms with Crippen molar-refractivity contribution in [2.75, 3.05) is 0 Å². The molecule has 4 N–H and O–H groups in total. The van der Waals surface area contributed by atoms with Crippen molar-refractivity contribution in [3.8, 4) is 0 Å². The molecule has 5 nitrogen and oxygen atoms in total. The first-order valence-electron chi connectivity index (χ1n) is 4.92. The predicted molar refractivity (Wildman–Crippen MR) is 57.7 cm³/mol. The third-order valence-corrected chi connectivity index (χ3v) is 2.21. The standard InChI is InChI=1S/C11H17NO4/c1-10(13,14)12(11(2,15)16)8-9-6-4-3-5-7-9/h3-7,13-16H,8H2,1-2H3. The van der Waals surface area contributed by atoms with Gasteiger partial charge in [-0.25, -0.2) is 0 Å². The molecule has 0 unspecified atom stereocenters. The molecule has 0 aromatic heterocycles. The molecule has 1 aromatic rings. The van der Waals surface area contributed by atoms with Gasteiger partial charge in [0.2, 0.25) is 11.8 Å². The van der Waals surface area contributed by atoms with E-state index in [-0.39, 0.29) is 6.54 Å². The van der Waals surface area contributed by atoms with Gasteiger partial charge >= 0.3 is 0 Å². The lowest BCUT2D eigenvalue weighted by Crippen LogP contribution is -2.57. The highest BCUT2D eigenvalue weighted by atomic mass is 16.6. The Hall–Kier alpha value is -0.980. The lowest BCUT2D eigenvalue weighted by Gasteiger charge is -2.39. The average molecular weight is 227 g/mol. The second-order valence-electron chi connectivity index (χ2n) is 4.01. The fraction of sp³-hybridized carbons (Fsp3) is 0.455. The SMILES string of the molecule is CC(O)(O)N(Cc1ccccc1)C(C)(O)O. The molecule has 0 bridgehead atoms. The van der Waals surface area contributed by atoms with E-state index in [1.54, 1.807) is 24.3 Å². The number of aliphatic hydroxyl groups is 4. The Morgan fingerprint density at radius 3 is 1.75 bits per heavy atom. The van der Waals surface area contributed by atoms with Crippen LogP contribution < -0.4 is 0 Å². The summed E-state index contributed by atoms with van der Waals surface area (Å²) in [6.45, 7) is 2.15. The summed E-state index contributed by atoms with van der Waals surface area (Å²) in [5.74, 6) is -4.62. The molecule has 16 heavy (non-hydrogen) atoms. The van der Waals surface area contributed by atoms with E-state index in [4.69, 9.17) is 0 Å². The van der Waals surface area contributed by atoms with Crippen LogP contribution in [-0.2, 0) is 6.54 Å². The van der Waals surface area contributed by atoms with Crippen LogP contribution in [0.3, 0.4) is 0 Å². The van der Waals surface area contributed by atoms with Crippen molar-refractivity contribution in [3.05, 3.63) is 35.9 Å². The molecule has 0 atom stereocenters. The van der Waals surface area contributed by atoms with Gasteiger partial charge < -0.3 is 20.4 Å². The summed E-state index contributed by atoms with van der Waals surface area (Å²) < 4.78 is 0. The maximum atomic E-state index is 9.44. The van der Waals surface area contributed by atoms with Gasteiger partial charge in [-0.2, -0.15) is 4.90 Å². The van der Waals surface area contributed by atoms with Crippen LogP contribution in [0, 0.1) is 0 Å². The van der Waals surface area contributed by atoms with E-state index in [1.165, 1.54) is 0 Å². The van der Waals surface area contributed by atoms with Crippen LogP contribution in [0.5, 0.6) is 0 Å². The molecule has 0 heterocycles. The van der Waals surface area contributed by atoms with Crippen molar-refractivity contribution in [2.45, 2.75) is 32.2 Å². The largest absolute Gasteiger partial charge is 0.353 e. The maximum absolute atomic E-state index is 9.44. The van der Waals surface area contributed by atoms with Crippen LogP contribution in [0.15, 0.2) is 30.3 Å². The lowest BCUT2D eigenvalue weighted by atomic mass is 10.2. The van der Waals surface area contributed by atoms with Crippen LogP contribution in [-0.4, -0.2) is 37.1 Å². The fourth-order valence-corrected chi connectivity index (χ4v) is 1.47. The normalized spacial score (nSPS) is 13.2. The zero-order valence-corrected chi connectivity index (χ0v) is 9.33. The second kappa shape index (κ2) is 4.48.